The van der Waals surface area contributed by atoms with Gasteiger partial charge in [-0.05, 0) is 11.6 Å². The summed E-state index contributed by atoms with van der Waals surface area (Å²) in [7, 11) is 1.71. The number of hydrogen-bond acceptors (Lipinski definition) is 5. The third-order valence-corrected chi connectivity index (χ3v) is 4.45. The molecule has 2 aromatic rings. The quantitative estimate of drug-likeness (QED) is 0.926. The first kappa shape index (κ1) is 17.1. The zero-order valence-electron chi connectivity index (χ0n) is 14.8. The van der Waals surface area contributed by atoms with Gasteiger partial charge in [0, 0.05) is 37.3 Å². The monoisotopic (exact) mass is 342 g/mol. The first-order valence-electron chi connectivity index (χ1n) is 8.21. The predicted molar refractivity (Wildman–Crippen MR) is 91.7 cm³/mol. The molecular weight excluding hydrogens is 320 g/mol. The van der Waals surface area contributed by atoms with Crippen molar-refractivity contribution >= 4 is 17.6 Å². The van der Waals surface area contributed by atoms with Crippen molar-refractivity contribution < 1.29 is 14.1 Å². The molecule has 3 heterocycles. The Morgan fingerprint density at radius 3 is 2.76 bits per heavy atom. The SMILES string of the molecule is CN1C(=O)C[C@H](C(=O)Nc2cc(C(C)(C)C)on2)[C@@H]1c1cccnc1. The molecule has 0 radical (unpaired) electrons. The maximum atomic E-state index is 12.8. The molecule has 1 aliphatic rings. The third-order valence-electron chi connectivity index (χ3n) is 4.45. The van der Waals surface area contributed by atoms with Gasteiger partial charge >= 0.3 is 0 Å². The molecule has 1 fully saturated rings. The smallest absolute Gasteiger partial charge is 0.231 e. The lowest BCUT2D eigenvalue weighted by molar-refractivity contribution is -0.128. The summed E-state index contributed by atoms with van der Waals surface area (Å²) < 4.78 is 5.29. The molecule has 7 heteroatoms. The summed E-state index contributed by atoms with van der Waals surface area (Å²) in [5, 5.41) is 6.69. The van der Waals surface area contributed by atoms with E-state index in [4.69, 9.17) is 4.52 Å². The minimum atomic E-state index is -0.503. The highest BCUT2D eigenvalue weighted by molar-refractivity contribution is 5.97. The average Bonchev–Trinajstić information content (AvgIpc) is 3.14. The van der Waals surface area contributed by atoms with Crippen molar-refractivity contribution in [1.29, 1.82) is 0 Å². The van der Waals surface area contributed by atoms with Crippen LogP contribution in [0.1, 0.15) is 44.6 Å². The summed E-state index contributed by atoms with van der Waals surface area (Å²) in [6.07, 6.45) is 3.51. The summed E-state index contributed by atoms with van der Waals surface area (Å²) in [6.45, 7) is 6.01. The Bertz CT molecular complexity index is 779. The van der Waals surface area contributed by atoms with Crippen molar-refractivity contribution in [3.05, 3.63) is 41.9 Å². The molecule has 25 heavy (non-hydrogen) atoms. The van der Waals surface area contributed by atoms with E-state index in [-0.39, 0.29) is 29.7 Å². The van der Waals surface area contributed by atoms with Crippen molar-refractivity contribution in [3.63, 3.8) is 0 Å². The molecule has 1 N–H and O–H groups in total. The van der Waals surface area contributed by atoms with Crippen molar-refractivity contribution in [2.24, 2.45) is 5.92 Å². The number of pyridine rings is 1. The normalized spacial score (nSPS) is 20.8. The lowest BCUT2D eigenvalue weighted by Gasteiger charge is -2.24. The molecule has 7 nitrogen and oxygen atoms in total. The van der Waals surface area contributed by atoms with E-state index in [2.05, 4.69) is 15.5 Å². The zero-order chi connectivity index (χ0) is 18.2. The molecule has 0 aliphatic carbocycles. The molecule has 132 valence electrons. The van der Waals surface area contributed by atoms with E-state index < -0.39 is 5.92 Å². The van der Waals surface area contributed by atoms with E-state index in [9.17, 15) is 9.59 Å². The van der Waals surface area contributed by atoms with E-state index in [1.165, 1.54) is 0 Å². The van der Waals surface area contributed by atoms with Crippen molar-refractivity contribution in [1.82, 2.24) is 15.0 Å². The van der Waals surface area contributed by atoms with E-state index in [1.54, 1.807) is 36.5 Å². The van der Waals surface area contributed by atoms with Crippen LogP contribution in [0.15, 0.2) is 35.1 Å². The number of rotatable bonds is 3. The van der Waals surface area contributed by atoms with Gasteiger partial charge in [0.2, 0.25) is 11.8 Å². The molecule has 0 saturated carbocycles. The number of anilines is 1. The Morgan fingerprint density at radius 2 is 2.16 bits per heavy atom. The second-order valence-electron chi connectivity index (χ2n) is 7.36. The number of hydrogen-bond donors (Lipinski definition) is 1. The maximum absolute atomic E-state index is 12.8. The first-order valence-corrected chi connectivity index (χ1v) is 8.21. The Balaban J connectivity index is 1.80. The van der Waals surface area contributed by atoms with E-state index in [0.717, 1.165) is 5.56 Å². The summed E-state index contributed by atoms with van der Waals surface area (Å²) in [4.78, 5) is 30.6. The molecule has 0 aromatic carbocycles. The Kier molecular flexibility index (Phi) is 4.32. The van der Waals surface area contributed by atoms with Gasteiger partial charge in [-0.25, -0.2) is 0 Å². The van der Waals surface area contributed by atoms with Gasteiger partial charge in [0.05, 0.1) is 12.0 Å². The standard InChI is InChI=1S/C18H22N4O3/c1-18(2,3)13-9-14(21-25-13)20-17(24)12-8-15(23)22(4)16(12)11-6-5-7-19-10-11/h5-7,9-10,12,16H,8H2,1-4H3,(H,20,21,24)/t12-,16-/m0/s1. The highest BCUT2D eigenvalue weighted by atomic mass is 16.5. The number of carbonyl (C=O) groups is 2. The molecule has 0 spiro atoms. The lowest BCUT2D eigenvalue weighted by atomic mass is 9.93. The molecule has 0 unspecified atom stereocenters. The van der Waals surface area contributed by atoms with Crippen LogP contribution in [0, 0.1) is 5.92 Å². The Morgan fingerprint density at radius 1 is 1.40 bits per heavy atom. The van der Waals surface area contributed by atoms with Crippen LogP contribution in [-0.4, -0.2) is 33.9 Å². The predicted octanol–water partition coefficient (Wildman–Crippen LogP) is 2.53. The fraction of sp³-hybridized carbons (Fsp3) is 0.444. The summed E-state index contributed by atoms with van der Waals surface area (Å²) in [6, 6.07) is 5.06. The highest BCUT2D eigenvalue weighted by Crippen LogP contribution is 2.37. The molecule has 2 aromatic heterocycles. The number of carbonyl (C=O) groups excluding carboxylic acids is 2. The van der Waals surface area contributed by atoms with Crippen molar-refractivity contribution in [2.45, 2.75) is 38.6 Å². The molecule has 2 atom stereocenters. The number of nitrogens with one attached hydrogen (secondary N) is 1. The van der Waals surface area contributed by atoms with E-state index >= 15 is 0 Å². The molecule has 2 amide bonds. The van der Waals surface area contributed by atoms with Crippen LogP contribution in [0.5, 0.6) is 0 Å². The molecule has 3 rings (SSSR count). The van der Waals surface area contributed by atoms with Gasteiger partial charge in [0.25, 0.3) is 0 Å². The van der Waals surface area contributed by atoms with Gasteiger partial charge in [0.15, 0.2) is 5.82 Å². The lowest BCUT2D eigenvalue weighted by Crippen LogP contribution is -2.30. The zero-order valence-corrected chi connectivity index (χ0v) is 14.8. The number of likely N-dealkylation sites (tertiary alicyclic amines) is 1. The maximum Gasteiger partial charge on any atom is 0.231 e. The van der Waals surface area contributed by atoms with Crippen LogP contribution in [0.3, 0.4) is 0 Å². The van der Waals surface area contributed by atoms with Gasteiger partial charge in [-0.15, -0.1) is 0 Å². The largest absolute Gasteiger partial charge is 0.359 e. The van der Waals surface area contributed by atoms with E-state index in [1.807, 2.05) is 26.8 Å². The van der Waals surface area contributed by atoms with Gasteiger partial charge in [-0.3, -0.25) is 14.6 Å². The summed E-state index contributed by atoms with van der Waals surface area (Å²) >= 11 is 0. The number of nitrogens with zero attached hydrogens (tertiary/aromatic N) is 3. The second-order valence-corrected chi connectivity index (χ2v) is 7.36. The number of amides is 2. The topological polar surface area (TPSA) is 88.3 Å². The van der Waals surface area contributed by atoms with Gasteiger partial charge in [-0.1, -0.05) is 32.0 Å². The fourth-order valence-corrected chi connectivity index (χ4v) is 3.02. The van der Waals surface area contributed by atoms with Crippen LogP contribution in [-0.2, 0) is 15.0 Å². The van der Waals surface area contributed by atoms with Crippen LogP contribution < -0.4 is 5.32 Å². The number of aromatic nitrogens is 2. The minimum Gasteiger partial charge on any atom is -0.359 e. The average molecular weight is 342 g/mol. The van der Waals surface area contributed by atoms with Crippen LogP contribution in [0.4, 0.5) is 5.82 Å². The molecular formula is C18H22N4O3. The Hall–Kier alpha value is -2.70. The van der Waals surface area contributed by atoms with E-state index in [0.29, 0.717) is 11.6 Å². The summed E-state index contributed by atoms with van der Waals surface area (Å²) in [5.41, 5.74) is 0.643. The highest BCUT2D eigenvalue weighted by Gasteiger charge is 2.43. The first-order chi connectivity index (χ1) is 11.8. The van der Waals surface area contributed by atoms with Crippen molar-refractivity contribution in [3.8, 4) is 0 Å². The van der Waals surface area contributed by atoms with Gasteiger partial charge < -0.3 is 14.7 Å². The third kappa shape index (κ3) is 3.40. The van der Waals surface area contributed by atoms with Gasteiger partial charge in [0.1, 0.15) is 5.76 Å². The summed E-state index contributed by atoms with van der Waals surface area (Å²) in [5.74, 6) is 0.231. The van der Waals surface area contributed by atoms with Gasteiger partial charge in [-0.2, -0.15) is 0 Å². The fourth-order valence-electron chi connectivity index (χ4n) is 3.02. The van der Waals surface area contributed by atoms with Crippen LogP contribution in [0.2, 0.25) is 0 Å². The van der Waals surface area contributed by atoms with Crippen molar-refractivity contribution in [2.75, 3.05) is 12.4 Å². The van der Waals surface area contributed by atoms with Crippen LogP contribution in [0.25, 0.3) is 0 Å². The minimum absolute atomic E-state index is 0.0652. The molecule has 0 bridgehead atoms. The molecule has 1 aliphatic heterocycles. The second kappa shape index (κ2) is 6.31. The molecule has 1 saturated heterocycles. The van der Waals surface area contributed by atoms with Crippen LogP contribution >= 0.6 is 0 Å². The Labute approximate surface area is 146 Å².